The van der Waals surface area contributed by atoms with E-state index >= 15 is 0 Å². The molecule has 0 saturated carbocycles. The number of aliphatic carboxylic acids is 1. The van der Waals surface area contributed by atoms with Crippen LogP contribution in [0.25, 0.3) is 5.57 Å². The number of halogens is 1. The fraction of sp³-hybridized carbons (Fsp3) is 0.357. The van der Waals surface area contributed by atoms with Crippen molar-refractivity contribution in [3.63, 3.8) is 0 Å². The van der Waals surface area contributed by atoms with Gasteiger partial charge in [-0.15, -0.1) is 0 Å². The SMILES string of the molecule is COc1cc2c(cc1F)CC(C)=C2C(C)C(=O)O. The second-order valence-electron chi connectivity index (χ2n) is 4.57. The van der Waals surface area contributed by atoms with Gasteiger partial charge in [0.1, 0.15) is 0 Å². The summed E-state index contributed by atoms with van der Waals surface area (Å²) in [7, 11) is 1.40. The molecule has 0 aliphatic heterocycles. The molecule has 1 aromatic carbocycles. The van der Waals surface area contributed by atoms with Gasteiger partial charge in [-0.25, -0.2) is 4.39 Å². The van der Waals surface area contributed by atoms with Crippen molar-refractivity contribution in [1.29, 1.82) is 0 Å². The number of allylic oxidation sites excluding steroid dienone is 1. The zero-order valence-corrected chi connectivity index (χ0v) is 10.6. The molecule has 0 radical (unpaired) electrons. The number of methoxy groups -OCH3 is 1. The number of ether oxygens (including phenoxy) is 1. The number of carboxylic acid groups (broad SMARTS) is 1. The zero-order valence-electron chi connectivity index (χ0n) is 10.6. The molecule has 1 unspecified atom stereocenters. The second-order valence-corrected chi connectivity index (χ2v) is 4.57. The molecule has 2 rings (SSSR count). The number of hydrogen-bond donors (Lipinski definition) is 1. The summed E-state index contributed by atoms with van der Waals surface area (Å²) in [4.78, 5) is 11.1. The van der Waals surface area contributed by atoms with Crippen molar-refractivity contribution in [2.24, 2.45) is 5.92 Å². The van der Waals surface area contributed by atoms with Gasteiger partial charge in [0.15, 0.2) is 11.6 Å². The molecule has 1 N–H and O–H groups in total. The molecule has 96 valence electrons. The summed E-state index contributed by atoms with van der Waals surface area (Å²) in [6, 6.07) is 3.02. The van der Waals surface area contributed by atoms with Gasteiger partial charge in [-0.05, 0) is 49.1 Å². The molecule has 1 aliphatic carbocycles. The van der Waals surface area contributed by atoms with E-state index in [0.717, 1.165) is 22.3 Å². The highest BCUT2D eigenvalue weighted by atomic mass is 19.1. The third-order valence-corrected chi connectivity index (χ3v) is 3.39. The van der Waals surface area contributed by atoms with E-state index in [4.69, 9.17) is 9.84 Å². The molecular formula is C14H15FO3. The average Bonchev–Trinajstić information content (AvgIpc) is 2.61. The lowest BCUT2D eigenvalue weighted by molar-refractivity contribution is -0.139. The van der Waals surface area contributed by atoms with Crippen LogP contribution in [-0.4, -0.2) is 18.2 Å². The van der Waals surface area contributed by atoms with Crippen LogP contribution >= 0.6 is 0 Å². The number of hydrogen-bond acceptors (Lipinski definition) is 2. The molecule has 1 aliphatic rings. The summed E-state index contributed by atoms with van der Waals surface area (Å²) in [6.45, 7) is 3.53. The lowest BCUT2D eigenvalue weighted by atomic mass is 9.93. The lowest BCUT2D eigenvalue weighted by Crippen LogP contribution is -2.11. The highest BCUT2D eigenvalue weighted by Crippen LogP contribution is 2.40. The van der Waals surface area contributed by atoms with Crippen molar-refractivity contribution >= 4 is 11.5 Å². The van der Waals surface area contributed by atoms with Gasteiger partial charge >= 0.3 is 5.97 Å². The van der Waals surface area contributed by atoms with Crippen molar-refractivity contribution in [2.75, 3.05) is 7.11 Å². The highest BCUT2D eigenvalue weighted by molar-refractivity contribution is 5.91. The quantitative estimate of drug-likeness (QED) is 0.897. The Morgan fingerprint density at radius 2 is 2.17 bits per heavy atom. The van der Waals surface area contributed by atoms with Crippen LogP contribution < -0.4 is 4.74 Å². The largest absolute Gasteiger partial charge is 0.494 e. The van der Waals surface area contributed by atoms with Crippen LogP contribution in [0, 0.1) is 11.7 Å². The van der Waals surface area contributed by atoms with Gasteiger partial charge in [0, 0.05) is 0 Å². The van der Waals surface area contributed by atoms with Crippen LogP contribution in [0.5, 0.6) is 5.75 Å². The van der Waals surface area contributed by atoms with E-state index in [1.54, 1.807) is 13.0 Å². The molecule has 1 atom stereocenters. The van der Waals surface area contributed by atoms with E-state index in [0.29, 0.717) is 6.42 Å². The zero-order chi connectivity index (χ0) is 13.4. The van der Waals surface area contributed by atoms with Gasteiger partial charge in [0.25, 0.3) is 0 Å². The average molecular weight is 250 g/mol. The molecule has 0 aromatic heterocycles. The Kier molecular flexibility index (Phi) is 3.11. The molecule has 1 aromatic rings. The molecular weight excluding hydrogens is 235 g/mol. The number of fused-ring (bicyclic) bond motifs is 1. The van der Waals surface area contributed by atoms with E-state index in [-0.39, 0.29) is 5.75 Å². The summed E-state index contributed by atoms with van der Waals surface area (Å²) in [5.74, 6) is -1.73. The summed E-state index contributed by atoms with van der Waals surface area (Å²) >= 11 is 0. The minimum Gasteiger partial charge on any atom is -0.494 e. The smallest absolute Gasteiger partial charge is 0.310 e. The van der Waals surface area contributed by atoms with Gasteiger partial charge in [-0.2, -0.15) is 0 Å². The number of carboxylic acids is 1. The second kappa shape index (κ2) is 4.44. The first-order valence-corrected chi connectivity index (χ1v) is 5.75. The van der Waals surface area contributed by atoms with Crippen LogP contribution in [0.1, 0.15) is 25.0 Å². The molecule has 18 heavy (non-hydrogen) atoms. The minimum absolute atomic E-state index is 0.151. The third kappa shape index (κ3) is 1.88. The molecule has 0 saturated heterocycles. The first kappa shape index (κ1) is 12.6. The highest BCUT2D eigenvalue weighted by Gasteiger charge is 2.28. The third-order valence-electron chi connectivity index (χ3n) is 3.39. The normalized spacial score (nSPS) is 15.6. The fourth-order valence-corrected chi connectivity index (χ4v) is 2.49. The first-order chi connectivity index (χ1) is 8.45. The van der Waals surface area contributed by atoms with Gasteiger partial charge in [0.2, 0.25) is 0 Å². The van der Waals surface area contributed by atoms with Crippen molar-refractivity contribution in [2.45, 2.75) is 20.3 Å². The Morgan fingerprint density at radius 3 is 2.72 bits per heavy atom. The summed E-state index contributed by atoms with van der Waals surface area (Å²) < 4.78 is 18.5. The molecule has 4 heteroatoms. The molecule has 0 amide bonds. The Hall–Kier alpha value is -1.84. The maximum absolute atomic E-state index is 13.6. The van der Waals surface area contributed by atoms with E-state index in [2.05, 4.69) is 0 Å². The summed E-state index contributed by atoms with van der Waals surface area (Å²) in [5.41, 5.74) is 3.37. The number of rotatable bonds is 3. The van der Waals surface area contributed by atoms with Crippen LogP contribution in [-0.2, 0) is 11.2 Å². The number of benzene rings is 1. The maximum Gasteiger partial charge on any atom is 0.310 e. The first-order valence-electron chi connectivity index (χ1n) is 5.75. The molecule has 0 heterocycles. The van der Waals surface area contributed by atoms with Crippen LogP contribution in [0.15, 0.2) is 17.7 Å². The Morgan fingerprint density at radius 1 is 1.50 bits per heavy atom. The van der Waals surface area contributed by atoms with Crippen molar-refractivity contribution < 1.29 is 19.0 Å². The standard InChI is InChI=1S/C14H15FO3/c1-7-4-9-5-11(15)12(18-3)6-10(9)13(7)8(2)14(16)17/h5-6,8H,4H2,1-3H3,(H,16,17). The molecule has 3 nitrogen and oxygen atoms in total. The Balaban J connectivity index is 2.55. The van der Waals surface area contributed by atoms with Crippen molar-refractivity contribution in [3.8, 4) is 5.75 Å². The van der Waals surface area contributed by atoms with Crippen LogP contribution in [0.3, 0.4) is 0 Å². The van der Waals surface area contributed by atoms with Gasteiger partial charge < -0.3 is 9.84 Å². The lowest BCUT2D eigenvalue weighted by Gasteiger charge is -2.13. The predicted octanol–water partition coefficient (Wildman–Crippen LogP) is 2.88. The molecule has 0 bridgehead atoms. The monoisotopic (exact) mass is 250 g/mol. The fourth-order valence-electron chi connectivity index (χ4n) is 2.49. The minimum atomic E-state index is -0.875. The van der Waals surface area contributed by atoms with E-state index in [1.807, 2.05) is 6.92 Å². The Labute approximate surface area is 105 Å². The Bertz CT molecular complexity index is 546. The van der Waals surface area contributed by atoms with Crippen molar-refractivity contribution in [1.82, 2.24) is 0 Å². The molecule has 0 fully saturated rings. The van der Waals surface area contributed by atoms with Crippen LogP contribution in [0.2, 0.25) is 0 Å². The predicted molar refractivity (Wildman–Crippen MR) is 66.0 cm³/mol. The molecule has 0 spiro atoms. The van der Waals surface area contributed by atoms with E-state index in [1.165, 1.54) is 13.2 Å². The topological polar surface area (TPSA) is 46.5 Å². The van der Waals surface area contributed by atoms with Crippen LogP contribution in [0.4, 0.5) is 4.39 Å². The summed E-state index contributed by atoms with van der Waals surface area (Å²) in [5, 5.41) is 9.13. The van der Waals surface area contributed by atoms with E-state index < -0.39 is 17.7 Å². The van der Waals surface area contributed by atoms with Crippen molar-refractivity contribution in [3.05, 3.63) is 34.6 Å². The van der Waals surface area contributed by atoms with E-state index in [9.17, 15) is 9.18 Å². The van der Waals surface area contributed by atoms with Gasteiger partial charge in [-0.3, -0.25) is 4.79 Å². The summed E-state index contributed by atoms with van der Waals surface area (Å²) in [6.07, 6.45) is 0.600. The van der Waals surface area contributed by atoms with Gasteiger partial charge in [0.05, 0.1) is 13.0 Å². The van der Waals surface area contributed by atoms with Gasteiger partial charge in [-0.1, -0.05) is 5.57 Å². The maximum atomic E-state index is 13.6. The number of carbonyl (C=O) groups is 1.